The lowest BCUT2D eigenvalue weighted by Gasteiger charge is -2.50. The van der Waals surface area contributed by atoms with Crippen molar-refractivity contribution < 1.29 is 18.0 Å². The Bertz CT molecular complexity index is 651. The summed E-state index contributed by atoms with van der Waals surface area (Å²) in [6.07, 6.45) is -1.21. The smallest absolute Gasteiger partial charge is 0.353 e. The van der Waals surface area contributed by atoms with Crippen molar-refractivity contribution in [3.8, 4) is 0 Å². The Morgan fingerprint density at radius 3 is 2.64 bits per heavy atom. The van der Waals surface area contributed by atoms with Crippen LogP contribution in [0.4, 0.5) is 19.0 Å². The molecule has 8 heteroatoms. The Morgan fingerprint density at radius 2 is 1.92 bits per heavy atom. The number of pyridine rings is 1. The van der Waals surface area contributed by atoms with E-state index >= 15 is 0 Å². The molecule has 0 saturated carbocycles. The van der Waals surface area contributed by atoms with Crippen molar-refractivity contribution in [2.24, 2.45) is 0 Å². The minimum absolute atomic E-state index is 0.00796. The van der Waals surface area contributed by atoms with E-state index in [2.05, 4.69) is 9.88 Å². The number of nitrogens with zero attached hydrogens (tertiary/aromatic N) is 4. The highest BCUT2D eigenvalue weighted by Gasteiger charge is 2.44. The van der Waals surface area contributed by atoms with Crippen LogP contribution in [0.15, 0.2) is 18.3 Å². The van der Waals surface area contributed by atoms with E-state index in [9.17, 15) is 18.0 Å². The fraction of sp³-hybridized carbons (Fsp3) is 0.647. The predicted octanol–water partition coefficient (Wildman–Crippen LogP) is 2.23. The molecule has 1 amide bonds. The van der Waals surface area contributed by atoms with Gasteiger partial charge >= 0.3 is 6.18 Å². The number of likely N-dealkylation sites (N-methyl/N-ethyl adjacent to an activating group) is 1. The third kappa shape index (κ3) is 3.44. The molecule has 3 rings (SSSR count). The van der Waals surface area contributed by atoms with Gasteiger partial charge in [-0.2, -0.15) is 13.2 Å². The van der Waals surface area contributed by atoms with Gasteiger partial charge in [-0.25, -0.2) is 4.98 Å². The lowest BCUT2D eigenvalue weighted by Crippen LogP contribution is -2.61. The Hall–Kier alpha value is -1.83. The number of alkyl halides is 3. The molecule has 138 valence electrons. The summed E-state index contributed by atoms with van der Waals surface area (Å²) in [7, 11) is 3.78. The molecule has 0 aromatic carbocycles. The molecule has 3 heterocycles. The van der Waals surface area contributed by atoms with Crippen molar-refractivity contribution in [3.05, 3.63) is 23.9 Å². The fourth-order valence-electron chi connectivity index (χ4n) is 3.81. The summed E-state index contributed by atoms with van der Waals surface area (Å²) in [6, 6.07) is 2.40. The zero-order chi connectivity index (χ0) is 18.2. The number of carbonyl (C=O) groups excluding carboxylic acids is 1. The minimum Gasteiger partial charge on any atom is -0.353 e. The molecule has 2 fully saturated rings. The number of amides is 1. The van der Waals surface area contributed by atoms with Gasteiger partial charge in [-0.05, 0) is 32.0 Å². The first-order valence-electron chi connectivity index (χ1n) is 8.45. The summed E-state index contributed by atoms with van der Waals surface area (Å²) < 4.78 is 40.1. The highest BCUT2D eigenvalue weighted by Crippen LogP contribution is 2.38. The number of halogens is 3. The van der Waals surface area contributed by atoms with E-state index in [1.54, 1.807) is 16.8 Å². The van der Waals surface area contributed by atoms with Crippen molar-refractivity contribution in [1.82, 2.24) is 14.8 Å². The average molecular weight is 356 g/mol. The Morgan fingerprint density at radius 1 is 1.16 bits per heavy atom. The minimum atomic E-state index is -4.43. The molecule has 2 aliphatic heterocycles. The van der Waals surface area contributed by atoms with E-state index in [0.717, 1.165) is 12.5 Å². The molecular weight excluding hydrogens is 333 g/mol. The van der Waals surface area contributed by atoms with E-state index in [4.69, 9.17) is 0 Å². The summed E-state index contributed by atoms with van der Waals surface area (Å²) >= 11 is 0. The number of piperazine rings is 1. The molecule has 1 aromatic heterocycles. The Labute approximate surface area is 145 Å². The van der Waals surface area contributed by atoms with E-state index in [-0.39, 0.29) is 17.3 Å². The molecule has 5 nitrogen and oxygen atoms in total. The lowest BCUT2D eigenvalue weighted by molar-refractivity contribution is -0.137. The number of rotatable bonds is 1. The zero-order valence-electron chi connectivity index (χ0n) is 14.5. The van der Waals surface area contributed by atoms with Crippen LogP contribution in [-0.2, 0) is 11.0 Å². The second-order valence-electron chi connectivity index (χ2n) is 7.01. The fourth-order valence-corrected chi connectivity index (χ4v) is 3.81. The average Bonchev–Trinajstić information content (AvgIpc) is 2.71. The highest BCUT2D eigenvalue weighted by molar-refractivity contribution is 5.76. The highest BCUT2D eigenvalue weighted by atomic mass is 19.4. The zero-order valence-corrected chi connectivity index (χ0v) is 14.5. The van der Waals surface area contributed by atoms with Crippen LogP contribution in [0.5, 0.6) is 0 Å². The maximum atomic E-state index is 13.4. The summed E-state index contributed by atoms with van der Waals surface area (Å²) in [5.74, 6) is 0.0858. The van der Waals surface area contributed by atoms with Gasteiger partial charge in [0.2, 0.25) is 5.91 Å². The van der Waals surface area contributed by atoms with Gasteiger partial charge in [0, 0.05) is 51.4 Å². The van der Waals surface area contributed by atoms with E-state index in [0.29, 0.717) is 39.0 Å². The van der Waals surface area contributed by atoms with Crippen LogP contribution in [0, 0.1) is 0 Å². The van der Waals surface area contributed by atoms with Gasteiger partial charge in [-0.3, -0.25) is 9.69 Å². The van der Waals surface area contributed by atoms with Crippen LogP contribution in [0.25, 0.3) is 0 Å². The molecule has 0 N–H and O–H groups in total. The Balaban J connectivity index is 1.90. The second-order valence-corrected chi connectivity index (χ2v) is 7.01. The first kappa shape index (κ1) is 18.0. The van der Waals surface area contributed by atoms with Crippen molar-refractivity contribution in [2.45, 2.75) is 31.0 Å². The van der Waals surface area contributed by atoms with E-state index in [1.165, 1.54) is 12.3 Å². The molecule has 0 radical (unpaired) electrons. The SMILES string of the molecule is CN1CC[C@@]2(CCC1=O)CN(c1ncccc1C(F)(F)F)CCN2C. The van der Waals surface area contributed by atoms with E-state index < -0.39 is 11.7 Å². The molecule has 0 aliphatic carbocycles. The normalized spacial score (nSPS) is 26.2. The lowest BCUT2D eigenvalue weighted by atomic mass is 9.86. The van der Waals surface area contributed by atoms with Gasteiger partial charge in [0.05, 0.1) is 5.56 Å². The summed E-state index contributed by atoms with van der Waals surface area (Å²) in [5.41, 5.74) is -1.00. The molecule has 2 saturated heterocycles. The van der Waals surface area contributed by atoms with Crippen LogP contribution < -0.4 is 4.90 Å². The van der Waals surface area contributed by atoms with Gasteiger partial charge in [0.25, 0.3) is 0 Å². The van der Waals surface area contributed by atoms with Gasteiger partial charge in [-0.15, -0.1) is 0 Å². The van der Waals surface area contributed by atoms with Crippen LogP contribution in [0.3, 0.4) is 0 Å². The van der Waals surface area contributed by atoms with Gasteiger partial charge in [0.1, 0.15) is 5.82 Å². The number of carbonyl (C=O) groups is 1. The molecule has 0 bridgehead atoms. The molecule has 1 spiro atoms. The summed E-state index contributed by atoms with van der Waals surface area (Å²) in [5, 5.41) is 0. The summed E-state index contributed by atoms with van der Waals surface area (Å²) in [6.45, 7) is 2.20. The van der Waals surface area contributed by atoms with Crippen LogP contribution >= 0.6 is 0 Å². The monoisotopic (exact) mass is 356 g/mol. The number of aromatic nitrogens is 1. The largest absolute Gasteiger partial charge is 0.419 e. The van der Waals surface area contributed by atoms with Crippen molar-refractivity contribution in [2.75, 3.05) is 45.2 Å². The maximum absolute atomic E-state index is 13.4. The molecule has 2 aliphatic rings. The second kappa shape index (κ2) is 6.48. The van der Waals surface area contributed by atoms with Crippen molar-refractivity contribution in [1.29, 1.82) is 0 Å². The molecule has 1 atom stereocenters. The number of likely N-dealkylation sites (tertiary alicyclic amines) is 1. The van der Waals surface area contributed by atoms with Crippen LogP contribution in [0.2, 0.25) is 0 Å². The first-order valence-corrected chi connectivity index (χ1v) is 8.45. The number of hydrogen-bond donors (Lipinski definition) is 0. The molecular formula is C17H23F3N4O. The predicted molar refractivity (Wildman–Crippen MR) is 88.3 cm³/mol. The molecule has 1 aromatic rings. The number of hydrogen-bond acceptors (Lipinski definition) is 4. The van der Waals surface area contributed by atoms with Gasteiger partial charge in [-0.1, -0.05) is 0 Å². The molecule has 0 unspecified atom stereocenters. The number of anilines is 1. The van der Waals surface area contributed by atoms with Gasteiger partial charge < -0.3 is 9.80 Å². The third-order valence-corrected chi connectivity index (χ3v) is 5.53. The van der Waals surface area contributed by atoms with Crippen molar-refractivity contribution in [3.63, 3.8) is 0 Å². The first-order chi connectivity index (χ1) is 11.7. The Kier molecular flexibility index (Phi) is 4.66. The van der Waals surface area contributed by atoms with Crippen LogP contribution in [0.1, 0.15) is 24.8 Å². The van der Waals surface area contributed by atoms with Crippen LogP contribution in [-0.4, -0.2) is 66.5 Å². The quantitative estimate of drug-likeness (QED) is 0.774. The van der Waals surface area contributed by atoms with Gasteiger partial charge in [0.15, 0.2) is 0 Å². The summed E-state index contributed by atoms with van der Waals surface area (Å²) in [4.78, 5) is 21.7. The van der Waals surface area contributed by atoms with Crippen molar-refractivity contribution >= 4 is 11.7 Å². The standard InChI is InChI=1S/C17H23F3N4O/c1-22-9-7-16(6-5-14(22)25)12-24(11-10-23(16)2)15-13(17(18,19)20)4-3-8-21-15/h3-4,8H,5-7,9-12H2,1-2H3/t16-/m0/s1. The maximum Gasteiger partial charge on any atom is 0.419 e. The van der Waals surface area contributed by atoms with E-state index in [1.807, 2.05) is 7.05 Å². The molecule has 25 heavy (non-hydrogen) atoms. The third-order valence-electron chi connectivity index (χ3n) is 5.53. The topological polar surface area (TPSA) is 39.7 Å².